The average molecular weight is 973 g/mol. The normalized spacial score (nSPS) is 17.2. The number of sulfone groups is 2. The van der Waals surface area contributed by atoms with Crippen LogP contribution in [0, 0.1) is 0 Å². The summed E-state index contributed by atoms with van der Waals surface area (Å²) in [5.41, 5.74) is 8.02. The lowest BCUT2D eigenvalue weighted by molar-refractivity contribution is 0.0544. The minimum atomic E-state index is -3.33. The van der Waals surface area contributed by atoms with Crippen molar-refractivity contribution in [2.24, 2.45) is 0 Å². The number of rotatable bonds is 12. The van der Waals surface area contributed by atoms with Crippen LogP contribution in [0.1, 0.15) is 78.8 Å². The number of hydrogen-bond acceptors (Lipinski definition) is 10. The Morgan fingerprint density at radius 2 is 1.19 bits per heavy atom. The minimum absolute atomic E-state index is 0.0158. The van der Waals surface area contributed by atoms with Gasteiger partial charge in [0.1, 0.15) is 14.0 Å². The van der Waals surface area contributed by atoms with E-state index in [9.17, 15) is 21.6 Å². The van der Waals surface area contributed by atoms with E-state index in [2.05, 4.69) is 69.5 Å². The van der Waals surface area contributed by atoms with Gasteiger partial charge in [0.05, 0.1) is 17.0 Å². The zero-order valence-corrected chi connectivity index (χ0v) is 41.3. The summed E-state index contributed by atoms with van der Waals surface area (Å²) in [5, 5.41) is 5.95. The third-order valence-corrected chi connectivity index (χ3v) is 18.9. The molecule has 2 aliphatic rings. The van der Waals surface area contributed by atoms with Gasteiger partial charge >= 0.3 is 6.09 Å². The molecule has 67 heavy (non-hydrogen) atoms. The number of nitrogens with one attached hydrogen (secondary N) is 1. The fraction of sp³-hybridized carbons (Fsp3) is 0.302. The molecule has 10 nitrogen and oxygen atoms in total. The van der Waals surface area contributed by atoms with Gasteiger partial charge in [0.2, 0.25) is 0 Å². The van der Waals surface area contributed by atoms with Crippen LogP contribution in [-0.4, -0.2) is 74.1 Å². The van der Waals surface area contributed by atoms with Gasteiger partial charge < -0.3 is 9.72 Å². The monoisotopic (exact) mass is 972 g/mol. The number of carbonyl (C=O) groups is 1. The fourth-order valence-corrected chi connectivity index (χ4v) is 14.3. The van der Waals surface area contributed by atoms with Crippen LogP contribution < -0.4 is 0 Å². The summed E-state index contributed by atoms with van der Waals surface area (Å²) in [4.78, 5) is 21.1. The highest BCUT2D eigenvalue weighted by Crippen LogP contribution is 2.34. The van der Waals surface area contributed by atoms with Crippen LogP contribution in [0.5, 0.6) is 0 Å². The molecule has 2 atom stereocenters. The number of thiophene rings is 2. The molecule has 0 spiro atoms. The highest BCUT2D eigenvalue weighted by Gasteiger charge is 2.28. The van der Waals surface area contributed by atoms with Crippen LogP contribution in [0.4, 0.5) is 4.79 Å². The van der Waals surface area contributed by atoms with Gasteiger partial charge in [-0.2, -0.15) is 0 Å². The molecule has 2 fully saturated rings. The number of aromatic nitrogens is 2. The molecule has 0 bridgehead atoms. The fourth-order valence-electron chi connectivity index (χ4n) is 9.41. The zero-order valence-electron chi connectivity index (χ0n) is 38.0. The molecule has 4 aromatic heterocycles. The maximum Gasteiger partial charge on any atom is 0.419 e. The molecule has 10 rings (SSSR count). The molecule has 0 saturated carbocycles. The lowest BCUT2D eigenvalue weighted by Crippen LogP contribution is -2.26. The predicted octanol–water partition coefficient (Wildman–Crippen LogP) is 11.6. The van der Waals surface area contributed by atoms with Gasteiger partial charge in [-0.05, 0) is 127 Å². The van der Waals surface area contributed by atoms with E-state index in [1.165, 1.54) is 50.3 Å². The number of fused-ring (bicyclic) bond motifs is 2. The van der Waals surface area contributed by atoms with Crippen LogP contribution in [-0.2, 0) is 49.0 Å². The molecule has 0 radical (unpaired) electrons. The van der Waals surface area contributed by atoms with Crippen molar-refractivity contribution in [1.29, 1.82) is 0 Å². The minimum Gasteiger partial charge on any atom is -0.443 e. The first-order valence-corrected chi connectivity index (χ1v) is 27.8. The SMILES string of the molecule is CC(C)(C)OC(=O)n1cc(CN2CCC(c3cccc(CS(=O)(=O)c4cccs4)c3)C2)c2ccccc21.O=S(=O)(Cc1cccc(C2CCN(Cc3c[nH]c4ccccc34)C2)c1)c1cccs1. The molecule has 2 saturated heterocycles. The first-order valence-electron chi connectivity index (χ1n) is 22.7. The average Bonchev–Trinajstić information content (AvgIpc) is 4.16. The van der Waals surface area contributed by atoms with Crippen molar-refractivity contribution in [1.82, 2.24) is 19.4 Å². The van der Waals surface area contributed by atoms with Gasteiger partial charge in [-0.25, -0.2) is 21.6 Å². The number of nitrogens with zero attached hydrogens (tertiary/aromatic N) is 3. The van der Waals surface area contributed by atoms with Crippen LogP contribution in [0.25, 0.3) is 21.8 Å². The highest BCUT2D eigenvalue weighted by atomic mass is 32.2. The Hall–Kier alpha value is -5.35. The Kier molecular flexibility index (Phi) is 13.7. The summed E-state index contributed by atoms with van der Waals surface area (Å²) in [6.45, 7) is 11.2. The number of para-hydroxylation sites is 2. The van der Waals surface area contributed by atoms with Gasteiger partial charge in [-0.3, -0.25) is 14.4 Å². The van der Waals surface area contributed by atoms with E-state index < -0.39 is 25.3 Å². The largest absolute Gasteiger partial charge is 0.443 e. The quantitative estimate of drug-likeness (QED) is 0.128. The topological polar surface area (TPSA) is 122 Å². The van der Waals surface area contributed by atoms with Crippen molar-refractivity contribution in [2.75, 3.05) is 26.2 Å². The summed E-state index contributed by atoms with van der Waals surface area (Å²) < 4.78 is 58.9. The summed E-state index contributed by atoms with van der Waals surface area (Å²) in [7, 11) is -6.60. The summed E-state index contributed by atoms with van der Waals surface area (Å²) in [6.07, 6.45) is 5.76. The van der Waals surface area contributed by atoms with Gasteiger partial charge in [0, 0.05) is 54.9 Å². The van der Waals surface area contributed by atoms with E-state index in [0.29, 0.717) is 20.3 Å². The lowest BCUT2D eigenvalue weighted by Gasteiger charge is -2.19. The Balaban J connectivity index is 0.000000171. The first-order chi connectivity index (χ1) is 32.2. The van der Waals surface area contributed by atoms with Gasteiger partial charge in [-0.15, -0.1) is 22.7 Å². The number of ether oxygens (including phenoxy) is 1. The van der Waals surface area contributed by atoms with Crippen molar-refractivity contribution >= 4 is 70.2 Å². The molecule has 348 valence electrons. The van der Waals surface area contributed by atoms with Crippen molar-refractivity contribution in [3.05, 3.63) is 178 Å². The molecule has 4 aromatic carbocycles. The molecular weight excluding hydrogens is 917 g/mol. The number of hydrogen-bond donors (Lipinski definition) is 1. The van der Waals surface area contributed by atoms with Crippen molar-refractivity contribution in [3.8, 4) is 0 Å². The Morgan fingerprint density at radius 3 is 1.75 bits per heavy atom. The maximum atomic E-state index is 12.9. The van der Waals surface area contributed by atoms with Gasteiger partial charge in [0.25, 0.3) is 0 Å². The molecule has 2 aliphatic heterocycles. The molecule has 0 amide bonds. The van der Waals surface area contributed by atoms with Crippen molar-refractivity contribution in [2.45, 2.75) is 84.1 Å². The molecule has 1 N–H and O–H groups in total. The van der Waals surface area contributed by atoms with E-state index in [4.69, 9.17) is 4.74 Å². The van der Waals surface area contributed by atoms with Crippen LogP contribution in [0.2, 0.25) is 0 Å². The second-order valence-electron chi connectivity index (χ2n) is 18.7. The van der Waals surface area contributed by atoms with E-state index in [0.717, 1.165) is 79.7 Å². The van der Waals surface area contributed by atoms with E-state index in [1.54, 1.807) is 34.2 Å². The molecule has 6 heterocycles. The standard InChI is InChI=1S/C29H32N2O4S2.C24H24N2O2S2/c1-29(2,3)35-28(32)31-19-24(25-10-4-5-11-26(25)31)18-30-14-13-23(17-30)22-9-6-8-21(16-22)20-37(33,34)27-12-7-15-36-27;27-30(28,24-9-4-12-29-24)17-18-5-3-6-19(13-18)20-10-11-26(15-20)16-21-14-25-23-8-2-1-7-22(21)23/h4-12,15-16,19,23H,13-14,17-18,20H2,1-3H3;1-9,12-14,20,25H,10-11,15-17H2. The highest BCUT2D eigenvalue weighted by molar-refractivity contribution is 7.93. The number of aromatic amines is 1. The number of benzene rings is 4. The molecule has 2 unspecified atom stereocenters. The third kappa shape index (κ3) is 11.2. The second-order valence-corrected chi connectivity index (χ2v) is 25.0. The summed E-state index contributed by atoms with van der Waals surface area (Å²) in [5.74, 6) is 0.859. The van der Waals surface area contributed by atoms with Crippen LogP contribution >= 0.6 is 22.7 Å². The summed E-state index contributed by atoms with van der Waals surface area (Å²) in [6, 6.07) is 39.4. The van der Waals surface area contributed by atoms with E-state index >= 15 is 0 Å². The number of carbonyl (C=O) groups excluding carboxylic acids is 1. The Labute approximate surface area is 401 Å². The zero-order chi connectivity index (χ0) is 46.8. The van der Waals surface area contributed by atoms with Crippen molar-refractivity contribution in [3.63, 3.8) is 0 Å². The van der Waals surface area contributed by atoms with Crippen molar-refractivity contribution < 1.29 is 26.4 Å². The van der Waals surface area contributed by atoms with E-state index in [1.807, 2.05) is 80.9 Å². The van der Waals surface area contributed by atoms with Crippen LogP contribution in [0.15, 0.2) is 153 Å². The third-order valence-electron chi connectivity index (χ3n) is 12.6. The number of likely N-dealkylation sites (tertiary alicyclic amines) is 2. The van der Waals surface area contributed by atoms with Gasteiger partial charge in [-0.1, -0.05) is 97.1 Å². The number of H-pyrrole nitrogens is 1. The maximum absolute atomic E-state index is 12.9. The molecule has 14 heteroatoms. The smallest absolute Gasteiger partial charge is 0.419 e. The molecular formula is C53H56N4O6S4. The van der Waals surface area contributed by atoms with E-state index in [-0.39, 0.29) is 17.6 Å². The molecule has 8 aromatic rings. The van der Waals surface area contributed by atoms with Crippen LogP contribution in [0.3, 0.4) is 0 Å². The predicted molar refractivity (Wildman–Crippen MR) is 270 cm³/mol. The second kappa shape index (κ2) is 19.7. The lowest BCUT2D eigenvalue weighted by atomic mass is 9.97. The molecule has 0 aliphatic carbocycles. The Bertz CT molecular complexity index is 3200. The summed E-state index contributed by atoms with van der Waals surface area (Å²) >= 11 is 2.55. The van der Waals surface area contributed by atoms with Gasteiger partial charge in [0.15, 0.2) is 19.7 Å². The first kappa shape index (κ1) is 46.7. The Morgan fingerprint density at radius 1 is 0.657 bits per heavy atom.